The Labute approximate surface area is 207 Å². The quantitative estimate of drug-likeness (QED) is 0.297. The number of anilines is 1. The summed E-state index contributed by atoms with van der Waals surface area (Å²) in [6, 6.07) is 15.5. The smallest absolute Gasteiger partial charge is 0.256 e. The van der Waals surface area contributed by atoms with E-state index in [1.165, 1.54) is 0 Å². The molecule has 0 radical (unpaired) electrons. The summed E-state index contributed by atoms with van der Waals surface area (Å²) in [5.74, 6) is 0.575. The Hall–Kier alpha value is -2.89. The fourth-order valence-corrected chi connectivity index (χ4v) is 4.72. The van der Waals surface area contributed by atoms with Crippen LogP contribution >= 0.6 is 27.5 Å². The number of hydrogen-bond donors (Lipinski definition) is 1. The van der Waals surface area contributed by atoms with Gasteiger partial charge in [0.05, 0.1) is 28.9 Å². The van der Waals surface area contributed by atoms with E-state index >= 15 is 0 Å². The van der Waals surface area contributed by atoms with Crippen LogP contribution in [0.25, 0.3) is 22.2 Å². The van der Waals surface area contributed by atoms with E-state index in [1.807, 2.05) is 64.1 Å². The minimum absolute atomic E-state index is 0.193. The van der Waals surface area contributed by atoms with Crippen LogP contribution in [0, 0.1) is 27.7 Å². The highest BCUT2D eigenvalue weighted by Crippen LogP contribution is 2.34. The maximum absolute atomic E-state index is 13.7. The molecule has 168 valence electrons. The van der Waals surface area contributed by atoms with Crippen molar-refractivity contribution in [2.45, 2.75) is 27.7 Å². The lowest BCUT2D eigenvalue weighted by molar-refractivity contribution is 0.102. The lowest BCUT2D eigenvalue weighted by atomic mass is 9.94. The van der Waals surface area contributed by atoms with Crippen molar-refractivity contribution in [2.75, 3.05) is 12.4 Å². The molecule has 1 amide bonds. The Morgan fingerprint density at radius 1 is 1.00 bits per heavy atom. The van der Waals surface area contributed by atoms with Crippen molar-refractivity contribution in [3.8, 4) is 17.0 Å². The van der Waals surface area contributed by atoms with Crippen molar-refractivity contribution >= 4 is 50.0 Å². The highest BCUT2D eigenvalue weighted by molar-refractivity contribution is 9.10. The number of hydrogen-bond acceptors (Lipinski definition) is 3. The number of methoxy groups -OCH3 is 1. The van der Waals surface area contributed by atoms with E-state index in [0.717, 1.165) is 54.6 Å². The predicted molar refractivity (Wildman–Crippen MR) is 140 cm³/mol. The van der Waals surface area contributed by atoms with Gasteiger partial charge in [-0.1, -0.05) is 23.2 Å². The van der Waals surface area contributed by atoms with Gasteiger partial charge in [-0.2, -0.15) is 0 Å². The van der Waals surface area contributed by atoms with Crippen LogP contribution in [0.3, 0.4) is 0 Å². The molecule has 1 heterocycles. The fraction of sp³-hybridized carbons (Fsp3) is 0.185. The molecule has 3 aromatic carbocycles. The molecule has 1 N–H and O–H groups in total. The second-order valence-corrected chi connectivity index (χ2v) is 9.46. The average Bonchev–Trinajstić information content (AvgIpc) is 2.77. The summed E-state index contributed by atoms with van der Waals surface area (Å²) in [7, 11) is 1.64. The molecule has 0 saturated heterocycles. The zero-order valence-corrected chi connectivity index (χ0v) is 21.5. The summed E-state index contributed by atoms with van der Waals surface area (Å²) < 4.78 is 6.09. The molecule has 0 saturated carbocycles. The third-order valence-corrected chi connectivity index (χ3v) is 6.97. The number of nitrogens with one attached hydrogen (secondary N) is 1. The van der Waals surface area contributed by atoms with Crippen LogP contribution in [0.15, 0.2) is 53.0 Å². The van der Waals surface area contributed by atoms with Crippen LogP contribution in [-0.4, -0.2) is 18.0 Å². The first-order valence-electron chi connectivity index (χ1n) is 10.5. The van der Waals surface area contributed by atoms with E-state index in [0.29, 0.717) is 16.3 Å². The molecule has 0 spiro atoms. The molecule has 4 aromatic rings. The summed E-state index contributed by atoms with van der Waals surface area (Å²) >= 11 is 9.73. The van der Waals surface area contributed by atoms with E-state index in [9.17, 15) is 4.79 Å². The van der Waals surface area contributed by atoms with Gasteiger partial charge in [-0.15, -0.1) is 0 Å². The first-order valence-corrected chi connectivity index (χ1v) is 11.7. The molecule has 0 aliphatic heterocycles. The van der Waals surface area contributed by atoms with Crippen LogP contribution in [0.1, 0.15) is 32.6 Å². The van der Waals surface area contributed by atoms with Gasteiger partial charge >= 0.3 is 0 Å². The van der Waals surface area contributed by atoms with Gasteiger partial charge in [0.2, 0.25) is 0 Å². The van der Waals surface area contributed by atoms with E-state index in [-0.39, 0.29) is 5.91 Å². The number of fused-ring (bicyclic) bond motifs is 1. The predicted octanol–water partition coefficient (Wildman–Crippen LogP) is 7.81. The van der Waals surface area contributed by atoms with Crippen LogP contribution in [-0.2, 0) is 0 Å². The van der Waals surface area contributed by atoms with Crippen LogP contribution in [0.2, 0.25) is 5.02 Å². The molecule has 4 rings (SSSR count). The number of halogens is 2. The standard InChI is InChI=1S/C27H24BrClN2O2/c1-14-10-16(3)25-20(11-14)24(27(32)30-23-13-22(29)21(28)12-15(23)2)17(4)26(31-25)18-6-8-19(33-5)9-7-18/h6-13H,1-5H3,(H,30,32). The number of nitrogens with zero attached hydrogens (tertiary/aromatic N) is 1. The van der Waals surface area contributed by atoms with Gasteiger partial charge in [-0.25, -0.2) is 4.98 Å². The first-order chi connectivity index (χ1) is 15.7. The maximum atomic E-state index is 13.7. The minimum atomic E-state index is -0.193. The topological polar surface area (TPSA) is 51.2 Å². The summed E-state index contributed by atoms with van der Waals surface area (Å²) in [4.78, 5) is 18.7. The van der Waals surface area contributed by atoms with Gasteiger partial charge < -0.3 is 10.1 Å². The van der Waals surface area contributed by atoms with Crippen LogP contribution in [0.5, 0.6) is 5.75 Å². The molecule has 0 fully saturated rings. The third kappa shape index (κ3) is 4.48. The lowest BCUT2D eigenvalue weighted by Gasteiger charge is -2.17. The third-order valence-electron chi connectivity index (χ3n) is 5.77. The van der Waals surface area contributed by atoms with Crippen LogP contribution in [0.4, 0.5) is 5.69 Å². The van der Waals surface area contributed by atoms with E-state index in [2.05, 4.69) is 27.3 Å². The summed E-state index contributed by atoms with van der Waals surface area (Å²) in [6.45, 7) is 7.93. The zero-order chi connectivity index (χ0) is 23.9. The van der Waals surface area contributed by atoms with E-state index in [1.54, 1.807) is 13.2 Å². The number of carbonyl (C=O) groups is 1. The second-order valence-electron chi connectivity index (χ2n) is 8.20. The van der Waals surface area contributed by atoms with Gasteiger partial charge in [0, 0.05) is 21.1 Å². The molecule has 0 aliphatic rings. The second kappa shape index (κ2) is 9.16. The van der Waals surface area contributed by atoms with Gasteiger partial charge in [-0.3, -0.25) is 4.79 Å². The number of benzene rings is 3. The molecule has 1 aromatic heterocycles. The molecule has 33 heavy (non-hydrogen) atoms. The SMILES string of the molecule is COc1ccc(-c2nc3c(C)cc(C)cc3c(C(=O)Nc3cc(Cl)c(Br)cc3C)c2C)cc1. The van der Waals surface area contributed by atoms with E-state index < -0.39 is 0 Å². The molecule has 0 bridgehead atoms. The van der Waals surface area contributed by atoms with E-state index in [4.69, 9.17) is 21.3 Å². The molecule has 0 unspecified atom stereocenters. The van der Waals surface area contributed by atoms with Gasteiger partial charge in [0.25, 0.3) is 5.91 Å². The Kier molecular flexibility index (Phi) is 6.46. The van der Waals surface area contributed by atoms with Crippen molar-refractivity contribution in [1.82, 2.24) is 4.98 Å². The maximum Gasteiger partial charge on any atom is 0.256 e. The monoisotopic (exact) mass is 522 g/mol. The summed E-state index contributed by atoms with van der Waals surface area (Å²) in [6.07, 6.45) is 0. The summed E-state index contributed by atoms with van der Waals surface area (Å²) in [5.41, 5.74) is 7.62. The Morgan fingerprint density at radius 3 is 2.36 bits per heavy atom. The Morgan fingerprint density at radius 2 is 1.70 bits per heavy atom. The highest BCUT2D eigenvalue weighted by Gasteiger charge is 2.21. The van der Waals surface area contributed by atoms with Crippen molar-refractivity contribution in [3.63, 3.8) is 0 Å². The number of aryl methyl sites for hydroxylation is 3. The van der Waals surface area contributed by atoms with Gasteiger partial charge in [0.15, 0.2) is 0 Å². The molecular weight excluding hydrogens is 500 g/mol. The highest BCUT2D eigenvalue weighted by atomic mass is 79.9. The zero-order valence-electron chi connectivity index (χ0n) is 19.1. The van der Waals surface area contributed by atoms with Crippen molar-refractivity contribution in [1.29, 1.82) is 0 Å². The van der Waals surface area contributed by atoms with Crippen molar-refractivity contribution < 1.29 is 9.53 Å². The largest absolute Gasteiger partial charge is 0.497 e. The number of pyridine rings is 1. The van der Waals surface area contributed by atoms with Crippen molar-refractivity contribution in [2.24, 2.45) is 0 Å². The molecule has 0 atom stereocenters. The lowest BCUT2D eigenvalue weighted by Crippen LogP contribution is -2.16. The molecule has 4 nitrogen and oxygen atoms in total. The van der Waals surface area contributed by atoms with Gasteiger partial charge in [-0.05, 0) is 103 Å². The summed E-state index contributed by atoms with van der Waals surface area (Å²) in [5, 5.41) is 4.44. The van der Waals surface area contributed by atoms with Gasteiger partial charge in [0.1, 0.15) is 5.75 Å². The number of rotatable bonds is 4. The number of carbonyl (C=O) groups excluding carboxylic acids is 1. The van der Waals surface area contributed by atoms with Crippen LogP contribution < -0.4 is 10.1 Å². The average molecular weight is 524 g/mol. The number of amides is 1. The van der Waals surface area contributed by atoms with Crippen molar-refractivity contribution in [3.05, 3.63) is 85.8 Å². The first kappa shape index (κ1) is 23.3. The fourth-order valence-electron chi connectivity index (χ4n) is 4.10. The number of ether oxygens (including phenoxy) is 1. The Bertz CT molecular complexity index is 1400. The molecule has 6 heteroatoms. The molecular formula is C27H24BrClN2O2. The number of aromatic nitrogens is 1. The molecule has 0 aliphatic carbocycles. The minimum Gasteiger partial charge on any atom is -0.497 e. The normalized spacial score (nSPS) is 11.0. The Balaban J connectivity index is 1.92.